The fourth-order valence-corrected chi connectivity index (χ4v) is 4.10. The van der Waals surface area contributed by atoms with E-state index in [0.29, 0.717) is 4.90 Å². The first-order valence-electron chi connectivity index (χ1n) is 6.72. The molecule has 0 bridgehead atoms. The van der Waals surface area contributed by atoms with Crippen LogP contribution in [0.5, 0.6) is 0 Å². The van der Waals surface area contributed by atoms with Crippen molar-refractivity contribution in [1.29, 1.82) is 0 Å². The third-order valence-electron chi connectivity index (χ3n) is 3.57. The smallest absolute Gasteiger partial charge is 0.240 e. The Bertz CT molecular complexity index is 534. The molecule has 1 fully saturated rings. The monoisotopic (exact) mass is 282 g/mol. The van der Waals surface area contributed by atoms with Crippen LogP contribution >= 0.6 is 0 Å². The lowest BCUT2D eigenvalue weighted by molar-refractivity contribution is 0.349. The number of aryl methyl sites for hydroxylation is 2. The SMILES string of the molecule is Cc1cc(C)cc(S(=O)(=O)NC2CCCNC2C)c1. The van der Waals surface area contributed by atoms with Crippen LogP contribution in [0.15, 0.2) is 23.1 Å². The van der Waals surface area contributed by atoms with E-state index in [1.807, 2.05) is 26.8 Å². The van der Waals surface area contributed by atoms with Crippen LogP contribution in [0.2, 0.25) is 0 Å². The van der Waals surface area contributed by atoms with E-state index >= 15 is 0 Å². The molecular weight excluding hydrogens is 260 g/mol. The molecule has 0 aromatic heterocycles. The van der Waals surface area contributed by atoms with Crippen LogP contribution in [0.4, 0.5) is 0 Å². The molecule has 19 heavy (non-hydrogen) atoms. The second-order valence-corrected chi connectivity index (χ2v) is 7.15. The average Bonchev–Trinajstić information content (AvgIpc) is 2.31. The van der Waals surface area contributed by atoms with Crippen LogP contribution < -0.4 is 10.0 Å². The van der Waals surface area contributed by atoms with Gasteiger partial charge in [-0.25, -0.2) is 13.1 Å². The Kier molecular flexibility index (Phi) is 4.28. The number of hydrogen-bond donors (Lipinski definition) is 2. The standard InChI is InChI=1S/C14H22N2O2S/c1-10-7-11(2)9-13(8-10)19(17,18)16-14-5-4-6-15-12(14)3/h7-9,12,14-16H,4-6H2,1-3H3. The van der Waals surface area contributed by atoms with Gasteiger partial charge in [0.15, 0.2) is 0 Å². The number of piperidine rings is 1. The summed E-state index contributed by atoms with van der Waals surface area (Å²) in [6.07, 6.45) is 1.89. The van der Waals surface area contributed by atoms with E-state index in [9.17, 15) is 8.42 Å². The zero-order valence-electron chi connectivity index (χ0n) is 11.7. The minimum atomic E-state index is -3.43. The fourth-order valence-electron chi connectivity index (χ4n) is 2.56. The third-order valence-corrected chi connectivity index (χ3v) is 5.04. The summed E-state index contributed by atoms with van der Waals surface area (Å²) in [5, 5.41) is 3.30. The van der Waals surface area contributed by atoms with E-state index in [2.05, 4.69) is 10.0 Å². The molecule has 1 aromatic rings. The predicted molar refractivity (Wildman–Crippen MR) is 76.7 cm³/mol. The largest absolute Gasteiger partial charge is 0.313 e. The van der Waals surface area contributed by atoms with Gasteiger partial charge in [-0.1, -0.05) is 6.07 Å². The zero-order chi connectivity index (χ0) is 14.0. The summed E-state index contributed by atoms with van der Waals surface area (Å²) in [7, 11) is -3.43. The van der Waals surface area contributed by atoms with Crippen molar-refractivity contribution in [2.75, 3.05) is 6.54 Å². The maximum absolute atomic E-state index is 12.4. The van der Waals surface area contributed by atoms with E-state index in [0.717, 1.165) is 30.5 Å². The molecule has 1 heterocycles. The number of hydrogen-bond acceptors (Lipinski definition) is 3. The first-order valence-corrected chi connectivity index (χ1v) is 8.21. The van der Waals surface area contributed by atoms with Gasteiger partial charge in [-0.15, -0.1) is 0 Å². The molecule has 106 valence electrons. The maximum Gasteiger partial charge on any atom is 0.240 e. The summed E-state index contributed by atoms with van der Waals surface area (Å²) in [5.74, 6) is 0. The molecule has 4 nitrogen and oxygen atoms in total. The molecule has 5 heteroatoms. The lowest BCUT2D eigenvalue weighted by Gasteiger charge is -2.30. The molecule has 0 aliphatic carbocycles. The molecule has 2 atom stereocenters. The summed E-state index contributed by atoms with van der Waals surface area (Å²) < 4.78 is 27.6. The van der Waals surface area contributed by atoms with E-state index in [-0.39, 0.29) is 12.1 Å². The highest BCUT2D eigenvalue weighted by Crippen LogP contribution is 2.17. The van der Waals surface area contributed by atoms with Crippen molar-refractivity contribution >= 4 is 10.0 Å². The Labute approximate surface area is 115 Å². The maximum atomic E-state index is 12.4. The highest BCUT2D eigenvalue weighted by molar-refractivity contribution is 7.89. The minimum absolute atomic E-state index is 0.0282. The Morgan fingerprint density at radius 2 is 1.84 bits per heavy atom. The Hall–Kier alpha value is -0.910. The molecule has 0 spiro atoms. The van der Waals surface area contributed by atoms with Gasteiger partial charge in [0.25, 0.3) is 0 Å². The number of rotatable bonds is 3. The van der Waals surface area contributed by atoms with E-state index in [1.54, 1.807) is 12.1 Å². The Balaban J connectivity index is 2.22. The van der Waals surface area contributed by atoms with Crippen LogP contribution in [-0.4, -0.2) is 27.0 Å². The average molecular weight is 282 g/mol. The van der Waals surface area contributed by atoms with Crippen LogP contribution in [-0.2, 0) is 10.0 Å². The van der Waals surface area contributed by atoms with Gasteiger partial charge < -0.3 is 5.32 Å². The molecule has 1 aromatic carbocycles. The van der Waals surface area contributed by atoms with Crippen molar-refractivity contribution in [3.8, 4) is 0 Å². The quantitative estimate of drug-likeness (QED) is 0.887. The molecule has 0 amide bonds. The van der Waals surface area contributed by atoms with Crippen LogP contribution in [0.3, 0.4) is 0 Å². The number of benzene rings is 1. The van der Waals surface area contributed by atoms with E-state index in [4.69, 9.17) is 0 Å². The lowest BCUT2D eigenvalue weighted by Crippen LogP contribution is -2.51. The Morgan fingerprint density at radius 3 is 2.42 bits per heavy atom. The number of nitrogens with one attached hydrogen (secondary N) is 2. The molecule has 0 radical (unpaired) electrons. The lowest BCUT2D eigenvalue weighted by atomic mass is 10.0. The highest BCUT2D eigenvalue weighted by atomic mass is 32.2. The van der Waals surface area contributed by atoms with Gasteiger partial charge in [0.1, 0.15) is 0 Å². The molecule has 2 unspecified atom stereocenters. The van der Waals surface area contributed by atoms with Crippen LogP contribution in [0.25, 0.3) is 0 Å². The molecular formula is C14H22N2O2S. The molecule has 0 saturated carbocycles. The van der Waals surface area contributed by atoms with Gasteiger partial charge in [-0.3, -0.25) is 0 Å². The van der Waals surface area contributed by atoms with E-state index in [1.165, 1.54) is 0 Å². The third kappa shape index (κ3) is 3.55. The van der Waals surface area contributed by atoms with Crippen molar-refractivity contribution in [3.05, 3.63) is 29.3 Å². The van der Waals surface area contributed by atoms with Crippen molar-refractivity contribution in [1.82, 2.24) is 10.0 Å². The summed E-state index contributed by atoms with van der Waals surface area (Å²) in [5.41, 5.74) is 1.94. The molecule has 2 rings (SSSR count). The van der Waals surface area contributed by atoms with Crippen molar-refractivity contribution in [2.24, 2.45) is 0 Å². The molecule has 2 N–H and O–H groups in total. The first-order chi connectivity index (χ1) is 8.88. The molecule has 1 aliphatic rings. The van der Waals surface area contributed by atoms with Gasteiger partial charge in [-0.05, 0) is 63.4 Å². The summed E-state index contributed by atoms with van der Waals surface area (Å²) in [4.78, 5) is 0.364. The second kappa shape index (κ2) is 5.61. The Morgan fingerprint density at radius 1 is 1.21 bits per heavy atom. The second-order valence-electron chi connectivity index (χ2n) is 5.44. The highest BCUT2D eigenvalue weighted by Gasteiger charge is 2.26. The normalized spacial score (nSPS) is 24.4. The van der Waals surface area contributed by atoms with Gasteiger partial charge >= 0.3 is 0 Å². The summed E-state index contributed by atoms with van der Waals surface area (Å²) in [6.45, 7) is 6.81. The molecule has 1 aliphatic heterocycles. The minimum Gasteiger partial charge on any atom is -0.313 e. The van der Waals surface area contributed by atoms with Gasteiger partial charge in [-0.2, -0.15) is 0 Å². The number of sulfonamides is 1. The van der Waals surface area contributed by atoms with E-state index < -0.39 is 10.0 Å². The topological polar surface area (TPSA) is 58.2 Å². The van der Waals surface area contributed by atoms with Crippen molar-refractivity contribution in [3.63, 3.8) is 0 Å². The van der Waals surface area contributed by atoms with Crippen LogP contribution in [0.1, 0.15) is 30.9 Å². The van der Waals surface area contributed by atoms with Crippen molar-refractivity contribution < 1.29 is 8.42 Å². The first kappa shape index (κ1) is 14.5. The summed E-state index contributed by atoms with van der Waals surface area (Å²) >= 11 is 0. The summed E-state index contributed by atoms with van der Waals surface area (Å²) in [6, 6.07) is 5.56. The van der Waals surface area contributed by atoms with Gasteiger partial charge in [0, 0.05) is 12.1 Å². The zero-order valence-corrected chi connectivity index (χ0v) is 12.5. The van der Waals surface area contributed by atoms with Gasteiger partial charge in [0.05, 0.1) is 4.90 Å². The van der Waals surface area contributed by atoms with Gasteiger partial charge in [0.2, 0.25) is 10.0 Å². The van der Waals surface area contributed by atoms with Crippen molar-refractivity contribution in [2.45, 2.75) is 50.6 Å². The fraction of sp³-hybridized carbons (Fsp3) is 0.571. The predicted octanol–water partition coefficient (Wildman–Crippen LogP) is 1.72. The van der Waals surface area contributed by atoms with Crippen LogP contribution in [0, 0.1) is 13.8 Å². The molecule has 1 saturated heterocycles.